The summed E-state index contributed by atoms with van der Waals surface area (Å²) in [4.78, 5) is 18.0. The Hall–Kier alpha value is -2.25. The first-order valence-electron chi connectivity index (χ1n) is 8.99. The van der Waals surface area contributed by atoms with E-state index >= 15 is 0 Å². The SMILES string of the molecule is CCC1CCc2c(sc3cc(NS(=O)(=O)c4cccnc4)ccc3c2=O)C1. The van der Waals surface area contributed by atoms with Crippen molar-refractivity contribution >= 4 is 37.1 Å². The molecule has 0 bridgehead atoms. The van der Waals surface area contributed by atoms with Gasteiger partial charge in [-0.1, -0.05) is 13.3 Å². The minimum absolute atomic E-state index is 0.0926. The Morgan fingerprint density at radius 3 is 2.89 bits per heavy atom. The second-order valence-corrected chi connectivity index (χ2v) is 9.67. The molecule has 0 aliphatic heterocycles. The minimum atomic E-state index is -3.71. The number of nitrogens with zero attached hydrogens (tertiary/aromatic N) is 1. The molecule has 27 heavy (non-hydrogen) atoms. The highest BCUT2D eigenvalue weighted by Gasteiger charge is 2.22. The van der Waals surface area contributed by atoms with Crippen LogP contribution in [0.4, 0.5) is 5.69 Å². The van der Waals surface area contributed by atoms with E-state index in [-0.39, 0.29) is 10.3 Å². The zero-order chi connectivity index (χ0) is 19.0. The monoisotopic (exact) mass is 400 g/mol. The first-order chi connectivity index (χ1) is 13.0. The van der Waals surface area contributed by atoms with Crippen LogP contribution in [0.3, 0.4) is 0 Å². The molecule has 0 amide bonds. The Morgan fingerprint density at radius 1 is 1.30 bits per heavy atom. The predicted octanol–water partition coefficient (Wildman–Crippen LogP) is 3.97. The molecule has 4 rings (SSSR count). The third-order valence-corrected chi connectivity index (χ3v) is 7.70. The molecule has 0 saturated carbocycles. The van der Waals surface area contributed by atoms with Gasteiger partial charge < -0.3 is 0 Å². The van der Waals surface area contributed by atoms with E-state index in [1.54, 1.807) is 35.6 Å². The summed E-state index contributed by atoms with van der Waals surface area (Å²) >= 11 is 1.61. The minimum Gasteiger partial charge on any atom is -0.289 e. The molecule has 0 fully saturated rings. The molecule has 0 spiro atoms. The maximum Gasteiger partial charge on any atom is 0.263 e. The lowest BCUT2D eigenvalue weighted by molar-refractivity contribution is 0.448. The Morgan fingerprint density at radius 2 is 2.15 bits per heavy atom. The lowest BCUT2D eigenvalue weighted by Gasteiger charge is -2.22. The largest absolute Gasteiger partial charge is 0.289 e. The van der Waals surface area contributed by atoms with Gasteiger partial charge in [0.2, 0.25) is 0 Å². The fourth-order valence-corrected chi connectivity index (χ4v) is 5.91. The average molecular weight is 401 g/mol. The molecule has 1 aliphatic carbocycles. The van der Waals surface area contributed by atoms with Crippen LogP contribution in [0.5, 0.6) is 0 Å². The number of sulfonamides is 1. The normalized spacial score (nSPS) is 16.9. The van der Waals surface area contributed by atoms with Crippen molar-refractivity contribution in [3.05, 3.63) is 63.4 Å². The van der Waals surface area contributed by atoms with Gasteiger partial charge >= 0.3 is 0 Å². The molecule has 1 N–H and O–H groups in total. The van der Waals surface area contributed by atoms with Gasteiger partial charge in [-0.05, 0) is 55.5 Å². The summed E-state index contributed by atoms with van der Waals surface area (Å²) < 4.78 is 28.4. The molecule has 3 aromatic rings. The van der Waals surface area contributed by atoms with Gasteiger partial charge in [-0.2, -0.15) is 0 Å². The van der Waals surface area contributed by atoms with E-state index in [1.807, 2.05) is 0 Å². The van der Waals surface area contributed by atoms with E-state index in [0.717, 1.165) is 40.8 Å². The molecule has 1 aliphatic rings. The molecular formula is C20H20N2O3S2. The summed E-state index contributed by atoms with van der Waals surface area (Å²) in [5.41, 5.74) is 1.49. The molecule has 0 saturated heterocycles. The van der Waals surface area contributed by atoms with Crippen LogP contribution in [0.15, 0.2) is 52.4 Å². The number of aromatic nitrogens is 1. The maximum absolute atomic E-state index is 12.8. The number of nitrogens with one attached hydrogen (secondary N) is 1. The van der Waals surface area contributed by atoms with Crippen LogP contribution in [0, 0.1) is 5.92 Å². The van der Waals surface area contributed by atoms with Crippen molar-refractivity contribution in [2.45, 2.75) is 37.5 Å². The first-order valence-corrected chi connectivity index (χ1v) is 11.3. The summed E-state index contributed by atoms with van der Waals surface area (Å²) in [5.74, 6) is 0.623. The number of anilines is 1. The van der Waals surface area contributed by atoms with E-state index in [9.17, 15) is 13.2 Å². The maximum atomic E-state index is 12.8. The molecule has 2 aromatic heterocycles. The topological polar surface area (TPSA) is 76.1 Å². The van der Waals surface area contributed by atoms with Crippen LogP contribution in [0.25, 0.3) is 10.1 Å². The van der Waals surface area contributed by atoms with Gasteiger partial charge in [-0.3, -0.25) is 14.5 Å². The third-order valence-electron chi connectivity index (χ3n) is 5.12. The van der Waals surface area contributed by atoms with Crippen LogP contribution in [-0.4, -0.2) is 13.4 Å². The Balaban J connectivity index is 1.73. The van der Waals surface area contributed by atoms with E-state index in [4.69, 9.17) is 0 Å². The smallest absolute Gasteiger partial charge is 0.263 e. The number of pyridine rings is 1. The molecule has 1 unspecified atom stereocenters. The summed E-state index contributed by atoms with van der Waals surface area (Å²) in [6, 6.07) is 8.20. The van der Waals surface area contributed by atoms with Gasteiger partial charge in [0.25, 0.3) is 10.0 Å². The van der Waals surface area contributed by atoms with Gasteiger partial charge in [0.05, 0.1) is 5.69 Å². The number of hydrogen-bond donors (Lipinski definition) is 1. The van der Waals surface area contributed by atoms with Crippen LogP contribution in [0.2, 0.25) is 0 Å². The summed E-state index contributed by atoms with van der Waals surface area (Å²) in [7, 11) is -3.71. The van der Waals surface area contributed by atoms with Gasteiger partial charge in [-0.25, -0.2) is 8.42 Å². The van der Waals surface area contributed by atoms with Crippen molar-refractivity contribution < 1.29 is 8.42 Å². The highest BCUT2D eigenvalue weighted by molar-refractivity contribution is 7.92. The van der Waals surface area contributed by atoms with Crippen molar-refractivity contribution in [3.63, 3.8) is 0 Å². The number of hydrogen-bond acceptors (Lipinski definition) is 5. The van der Waals surface area contributed by atoms with Gasteiger partial charge in [0.15, 0.2) is 5.43 Å². The Kier molecular flexibility index (Phi) is 4.74. The lowest BCUT2D eigenvalue weighted by atomic mass is 9.87. The van der Waals surface area contributed by atoms with Crippen molar-refractivity contribution in [2.24, 2.45) is 5.92 Å². The summed E-state index contributed by atoms with van der Waals surface area (Å²) in [6.45, 7) is 2.19. The molecule has 1 aromatic carbocycles. The van der Waals surface area contributed by atoms with Crippen LogP contribution < -0.4 is 10.2 Å². The first kappa shape index (κ1) is 18.1. The van der Waals surface area contributed by atoms with Crippen molar-refractivity contribution in [1.29, 1.82) is 0 Å². The van der Waals surface area contributed by atoms with Crippen molar-refractivity contribution in [3.8, 4) is 0 Å². The van der Waals surface area contributed by atoms with E-state index < -0.39 is 10.0 Å². The second-order valence-electron chi connectivity index (χ2n) is 6.86. The molecule has 2 heterocycles. The van der Waals surface area contributed by atoms with Gasteiger partial charge in [-0.15, -0.1) is 11.3 Å². The van der Waals surface area contributed by atoms with Crippen molar-refractivity contribution in [2.75, 3.05) is 4.72 Å². The van der Waals surface area contributed by atoms with Gasteiger partial charge in [0, 0.05) is 32.9 Å². The Labute approximate surface area is 162 Å². The summed E-state index contributed by atoms with van der Waals surface area (Å²) in [5, 5.41) is 0.665. The number of fused-ring (bicyclic) bond motifs is 2. The van der Waals surface area contributed by atoms with E-state index in [1.165, 1.54) is 18.5 Å². The summed E-state index contributed by atoms with van der Waals surface area (Å²) in [6.07, 6.45) is 6.80. The number of benzene rings is 1. The zero-order valence-electron chi connectivity index (χ0n) is 14.9. The van der Waals surface area contributed by atoms with Crippen molar-refractivity contribution in [1.82, 2.24) is 4.98 Å². The molecule has 7 heteroatoms. The van der Waals surface area contributed by atoms with E-state index in [0.29, 0.717) is 17.0 Å². The lowest BCUT2D eigenvalue weighted by Crippen LogP contribution is -2.20. The number of rotatable bonds is 4. The van der Waals surface area contributed by atoms with Crippen LogP contribution >= 0.6 is 11.3 Å². The Bertz CT molecular complexity index is 1160. The molecule has 0 radical (unpaired) electrons. The van der Waals surface area contributed by atoms with Crippen LogP contribution in [0.1, 0.15) is 30.2 Å². The molecule has 1 atom stereocenters. The van der Waals surface area contributed by atoms with Gasteiger partial charge in [0.1, 0.15) is 4.90 Å². The predicted molar refractivity (Wildman–Crippen MR) is 109 cm³/mol. The average Bonchev–Trinajstić information content (AvgIpc) is 2.68. The fourth-order valence-electron chi connectivity index (χ4n) is 3.54. The highest BCUT2D eigenvalue weighted by atomic mass is 32.2. The molecule has 140 valence electrons. The molecule has 5 nitrogen and oxygen atoms in total. The third kappa shape index (κ3) is 3.49. The van der Waals surface area contributed by atoms with Crippen LogP contribution in [-0.2, 0) is 22.9 Å². The zero-order valence-corrected chi connectivity index (χ0v) is 16.6. The second kappa shape index (κ2) is 7.05. The fraction of sp³-hybridized carbons (Fsp3) is 0.300. The standard InChI is InChI=1S/C20H20N2O3S2/c1-2-13-5-7-16-18(10-13)26-19-11-14(6-8-17(19)20(16)23)22-27(24,25)15-4-3-9-21-12-15/h3-4,6,8-9,11-13,22H,2,5,7,10H2,1H3. The van der Waals surface area contributed by atoms with E-state index in [2.05, 4.69) is 16.6 Å². The quantitative estimate of drug-likeness (QED) is 0.719. The molecular weight excluding hydrogens is 380 g/mol. The highest BCUT2D eigenvalue weighted by Crippen LogP contribution is 2.33.